The minimum atomic E-state index is -0.945. The first kappa shape index (κ1) is 20.5. The Morgan fingerprint density at radius 1 is 1.04 bits per heavy atom. The predicted octanol–water partition coefficient (Wildman–Crippen LogP) is 2.91. The van der Waals surface area contributed by atoms with Crippen LogP contribution < -0.4 is 10.1 Å². The molecule has 1 atom stereocenters. The molecule has 0 spiro atoms. The van der Waals surface area contributed by atoms with Gasteiger partial charge in [-0.2, -0.15) is 0 Å². The van der Waals surface area contributed by atoms with Gasteiger partial charge < -0.3 is 19.9 Å². The average molecular weight is 371 g/mol. The van der Waals surface area contributed by atoms with Gasteiger partial charge in [-0.15, -0.1) is 0 Å². The summed E-state index contributed by atoms with van der Waals surface area (Å²) in [6, 6.07) is 14.3. The van der Waals surface area contributed by atoms with Crippen LogP contribution in [0.15, 0.2) is 48.5 Å². The molecule has 0 heterocycles. The highest BCUT2D eigenvalue weighted by Crippen LogP contribution is 2.15. The largest absolute Gasteiger partial charge is 0.494 e. The summed E-state index contributed by atoms with van der Waals surface area (Å²) in [5.74, 6) is -1.20. The number of rotatable bonds is 10. The van der Waals surface area contributed by atoms with Crippen LogP contribution in [-0.4, -0.2) is 37.2 Å². The molecule has 2 aromatic carbocycles. The smallest absolute Gasteiger partial charge is 0.308 e. The minimum absolute atomic E-state index is 0.0567. The summed E-state index contributed by atoms with van der Waals surface area (Å²) in [6.45, 7) is 3.02. The van der Waals surface area contributed by atoms with Gasteiger partial charge in [-0.25, -0.2) is 0 Å². The van der Waals surface area contributed by atoms with Gasteiger partial charge in [0.2, 0.25) is 0 Å². The summed E-state index contributed by atoms with van der Waals surface area (Å²) in [5.41, 5.74) is 2.33. The maximum atomic E-state index is 12.3. The van der Waals surface area contributed by atoms with E-state index >= 15 is 0 Å². The molecule has 1 amide bonds. The molecule has 0 radical (unpaired) electrons. The molecule has 0 aliphatic rings. The third kappa shape index (κ3) is 6.42. The molecule has 2 rings (SSSR count). The quantitative estimate of drug-likeness (QED) is 0.671. The molecule has 0 saturated heterocycles. The van der Waals surface area contributed by atoms with E-state index in [4.69, 9.17) is 9.47 Å². The third-order valence-corrected chi connectivity index (χ3v) is 4.10. The SMILES string of the molecule is CCOc1ccc(CC(CNC(=O)c2ccc(COC)cc2)C(=O)O)cc1. The zero-order valence-electron chi connectivity index (χ0n) is 15.6. The number of carbonyl (C=O) groups excluding carboxylic acids is 1. The average Bonchev–Trinajstić information content (AvgIpc) is 2.67. The van der Waals surface area contributed by atoms with Crippen molar-refractivity contribution in [3.63, 3.8) is 0 Å². The van der Waals surface area contributed by atoms with E-state index in [1.54, 1.807) is 19.2 Å². The van der Waals surface area contributed by atoms with E-state index in [0.717, 1.165) is 16.9 Å². The van der Waals surface area contributed by atoms with E-state index in [9.17, 15) is 14.7 Å². The maximum Gasteiger partial charge on any atom is 0.308 e. The second-order valence-corrected chi connectivity index (χ2v) is 6.16. The van der Waals surface area contributed by atoms with Crippen molar-refractivity contribution in [1.82, 2.24) is 5.32 Å². The van der Waals surface area contributed by atoms with E-state index in [0.29, 0.717) is 25.2 Å². The second-order valence-electron chi connectivity index (χ2n) is 6.16. The number of ether oxygens (including phenoxy) is 2. The van der Waals surface area contributed by atoms with Crippen LogP contribution in [0.25, 0.3) is 0 Å². The Hall–Kier alpha value is -2.86. The van der Waals surface area contributed by atoms with Gasteiger partial charge >= 0.3 is 5.97 Å². The van der Waals surface area contributed by atoms with Crippen molar-refractivity contribution >= 4 is 11.9 Å². The van der Waals surface area contributed by atoms with E-state index < -0.39 is 11.9 Å². The number of hydrogen-bond acceptors (Lipinski definition) is 4. The topological polar surface area (TPSA) is 84.9 Å². The zero-order valence-corrected chi connectivity index (χ0v) is 15.6. The monoisotopic (exact) mass is 371 g/mol. The lowest BCUT2D eigenvalue weighted by molar-refractivity contribution is -0.141. The van der Waals surface area contributed by atoms with E-state index in [1.165, 1.54) is 0 Å². The number of nitrogens with one attached hydrogen (secondary N) is 1. The van der Waals surface area contributed by atoms with Gasteiger partial charge in [-0.3, -0.25) is 9.59 Å². The number of benzene rings is 2. The van der Waals surface area contributed by atoms with Gasteiger partial charge in [0.25, 0.3) is 5.91 Å². The van der Waals surface area contributed by atoms with Crippen LogP contribution in [0, 0.1) is 5.92 Å². The minimum Gasteiger partial charge on any atom is -0.494 e. The number of hydrogen-bond donors (Lipinski definition) is 2. The van der Waals surface area contributed by atoms with E-state index in [-0.39, 0.29) is 12.5 Å². The van der Waals surface area contributed by atoms with Crippen molar-refractivity contribution in [2.45, 2.75) is 20.0 Å². The fourth-order valence-electron chi connectivity index (χ4n) is 2.66. The zero-order chi connectivity index (χ0) is 19.6. The molecule has 144 valence electrons. The molecular weight excluding hydrogens is 346 g/mol. The molecule has 2 N–H and O–H groups in total. The molecule has 0 aliphatic heterocycles. The summed E-state index contributed by atoms with van der Waals surface area (Å²) in [7, 11) is 1.61. The lowest BCUT2D eigenvalue weighted by atomic mass is 9.99. The fourth-order valence-corrected chi connectivity index (χ4v) is 2.66. The van der Waals surface area contributed by atoms with Gasteiger partial charge in [0.15, 0.2) is 0 Å². The van der Waals surface area contributed by atoms with Crippen LogP contribution in [0.3, 0.4) is 0 Å². The number of carbonyl (C=O) groups is 2. The Morgan fingerprint density at radius 2 is 1.67 bits per heavy atom. The third-order valence-electron chi connectivity index (χ3n) is 4.10. The number of carboxylic acids is 1. The fraction of sp³-hybridized carbons (Fsp3) is 0.333. The summed E-state index contributed by atoms with van der Waals surface area (Å²) >= 11 is 0. The summed E-state index contributed by atoms with van der Waals surface area (Å²) < 4.78 is 10.4. The van der Waals surface area contributed by atoms with Gasteiger partial charge in [0.05, 0.1) is 19.1 Å². The van der Waals surface area contributed by atoms with Gasteiger partial charge in [-0.05, 0) is 48.7 Å². The van der Waals surface area contributed by atoms with Crippen molar-refractivity contribution < 1.29 is 24.2 Å². The van der Waals surface area contributed by atoms with Crippen molar-refractivity contribution in [2.24, 2.45) is 5.92 Å². The number of carboxylic acid groups (broad SMARTS) is 1. The van der Waals surface area contributed by atoms with Crippen LogP contribution in [0.4, 0.5) is 0 Å². The first-order valence-corrected chi connectivity index (χ1v) is 8.84. The molecule has 1 unspecified atom stereocenters. The molecule has 0 fully saturated rings. The van der Waals surface area contributed by atoms with Crippen molar-refractivity contribution in [1.29, 1.82) is 0 Å². The molecule has 2 aromatic rings. The van der Waals surface area contributed by atoms with Crippen LogP contribution in [0.1, 0.15) is 28.4 Å². The summed E-state index contributed by atoms with van der Waals surface area (Å²) in [5, 5.41) is 12.2. The van der Waals surface area contributed by atoms with Gasteiger partial charge in [-0.1, -0.05) is 24.3 Å². The molecule has 0 bridgehead atoms. The molecule has 27 heavy (non-hydrogen) atoms. The standard InChI is InChI=1S/C21H25NO5/c1-3-27-19-10-6-15(7-11-19)12-18(21(24)25)13-22-20(23)17-8-4-16(5-9-17)14-26-2/h4-11,18H,3,12-14H2,1-2H3,(H,22,23)(H,24,25). The molecular formula is C21H25NO5. The highest BCUT2D eigenvalue weighted by atomic mass is 16.5. The number of methoxy groups -OCH3 is 1. The van der Waals surface area contributed by atoms with Crippen LogP contribution in [-0.2, 0) is 22.6 Å². The lowest BCUT2D eigenvalue weighted by Crippen LogP contribution is -2.34. The Bertz CT molecular complexity index is 740. The Labute approximate surface area is 159 Å². The van der Waals surface area contributed by atoms with Crippen molar-refractivity contribution in [3.8, 4) is 5.75 Å². The highest BCUT2D eigenvalue weighted by Gasteiger charge is 2.19. The molecule has 0 aliphatic carbocycles. The van der Waals surface area contributed by atoms with E-state index in [1.807, 2.05) is 43.3 Å². The maximum absolute atomic E-state index is 12.3. The van der Waals surface area contributed by atoms with Gasteiger partial charge in [0, 0.05) is 19.2 Å². The summed E-state index contributed by atoms with van der Waals surface area (Å²) in [4.78, 5) is 23.8. The summed E-state index contributed by atoms with van der Waals surface area (Å²) in [6.07, 6.45) is 0.328. The number of amides is 1. The first-order valence-electron chi connectivity index (χ1n) is 8.84. The normalized spacial score (nSPS) is 11.6. The van der Waals surface area contributed by atoms with Gasteiger partial charge in [0.1, 0.15) is 5.75 Å². The molecule has 6 heteroatoms. The van der Waals surface area contributed by atoms with Crippen molar-refractivity contribution in [2.75, 3.05) is 20.3 Å². The van der Waals surface area contributed by atoms with Crippen molar-refractivity contribution in [3.05, 3.63) is 65.2 Å². The molecule has 6 nitrogen and oxygen atoms in total. The van der Waals surface area contributed by atoms with Crippen LogP contribution in [0.5, 0.6) is 5.75 Å². The second kappa shape index (κ2) is 10.3. The molecule has 0 aromatic heterocycles. The highest BCUT2D eigenvalue weighted by molar-refractivity contribution is 5.94. The van der Waals surface area contributed by atoms with Crippen LogP contribution in [0.2, 0.25) is 0 Å². The Kier molecular flexibility index (Phi) is 7.82. The first-order chi connectivity index (χ1) is 13.0. The van der Waals surface area contributed by atoms with Crippen LogP contribution >= 0.6 is 0 Å². The van der Waals surface area contributed by atoms with E-state index in [2.05, 4.69) is 5.32 Å². The number of aliphatic carboxylic acids is 1. The lowest BCUT2D eigenvalue weighted by Gasteiger charge is -2.14. The Balaban J connectivity index is 1.93. The predicted molar refractivity (Wildman–Crippen MR) is 102 cm³/mol. The Morgan fingerprint density at radius 3 is 2.22 bits per heavy atom. The molecule has 0 saturated carbocycles.